The minimum absolute atomic E-state index is 0.141. The van der Waals surface area contributed by atoms with Gasteiger partial charge in [0.1, 0.15) is 5.92 Å². The van der Waals surface area contributed by atoms with Gasteiger partial charge in [-0.3, -0.25) is 14.4 Å². The van der Waals surface area contributed by atoms with Crippen LogP contribution in [0.4, 0.5) is 11.4 Å². The molecule has 2 heterocycles. The van der Waals surface area contributed by atoms with Gasteiger partial charge < -0.3 is 4.74 Å². The molecule has 33 heavy (non-hydrogen) atoms. The number of halogens is 1. The van der Waals surface area contributed by atoms with Crippen molar-refractivity contribution in [1.82, 2.24) is 0 Å². The van der Waals surface area contributed by atoms with E-state index in [9.17, 15) is 14.4 Å². The molecule has 5 rings (SSSR count). The fourth-order valence-corrected chi connectivity index (χ4v) is 4.67. The van der Waals surface area contributed by atoms with Gasteiger partial charge >= 0.3 is 5.97 Å². The number of fused-ring (bicyclic) bond motifs is 1. The largest absolute Gasteiger partial charge is 0.465 e. The third-order valence-electron chi connectivity index (χ3n) is 5.89. The van der Waals surface area contributed by atoms with E-state index in [0.717, 1.165) is 20.6 Å². The molecule has 0 spiro atoms. The average molecular weight is 507 g/mol. The van der Waals surface area contributed by atoms with E-state index in [0.29, 0.717) is 0 Å². The minimum Gasteiger partial charge on any atom is -0.465 e. The number of esters is 1. The van der Waals surface area contributed by atoms with Crippen molar-refractivity contribution in [2.24, 2.45) is 5.92 Å². The number of benzene rings is 3. The van der Waals surface area contributed by atoms with Gasteiger partial charge in [0.25, 0.3) is 5.91 Å². The van der Waals surface area contributed by atoms with Crippen molar-refractivity contribution in [3.05, 3.63) is 94.5 Å². The van der Waals surface area contributed by atoms with Gasteiger partial charge in [0, 0.05) is 4.47 Å². The second-order valence-electron chi connectivity index (χ2n) is 7.73. The van der Waals surface area contributed by atoms with Gasteiger partial charge in [0.15, 0.2) is 6.10 Å². The van der Waals surface area contributed by atoms with Crippen LogP contribution in [0.5, 0.6) is 0 Å². The van der Waals surface area contributed by atoms with Crippen LogP contribution >= 0.6 is 15.9 Å². The van der Waals surface area contributed by atoms with E-state index in [1.165, 1.54) is 13.2 Å². The second kappa shape index (κ2) is 8.46. The van der Waals surface area contributed by atoms with E-state index in [-0.39, 0.29) is 11.3 Å². The molecular weight excluding hydrogens is 488 g/mol. The van der Waals surface area contributed by atoms with Crippen LogP contribution in [0.25, 0.3) is 0 Å². The Hall–Kier alpha value is -3.49. The minimum atomic E-state index is -1.02. The summed E-state index contributed by atoms with van der Waals surface area (Å²) in [5.41, 5.74) is 1.90. The number of hydrogen-bond acceptors (Lipinski definition) is 6. The molecule has 2 aliphatic heterocycles. The summed E-state index contributed by atoms with van der Waals surface area (Å²) in [6, 6.07) is 22.8. The number of carbonyl (C=O) groups excluding carboxylic acids is 3. The van der Waals surface area contributed by atoms with E-state index in [4.69, 9.17) is 9.57 Å². The summed E-state index contributed by atoms with van der Waals surface area (Å²) in [6.45, 7) is 0. The summed E-state index contributed by atoms with van der Waals surface area (Å²) in [6.07, 6.45) is -1.02. The van der Waals surface area contributed by atoms with Crippen LogP contribution in [0.3, 0.4) is 0 Å². The number of hydrogen-bond donors (Lipinski definition) is 0. The summed E-state index contributed by atoms with van der Waals surface area (Å²) in [4.78, 5) is 46.7. The Morgan fingerprint density at radius 2 is 1.58 bits per heavy atom. The summed E-state index contributed by atoms with van der Waals surface area (Å²) >= 11 is 3.44. The quantitative estimate of drug-likeness (QED) is 0.388. The van der Waals surface area contributed by atoms with Crippen LogP contribution < -0.4 is 9.96 Å². The Morgan fingerprint density at radius 1 is 0.909 bits per heavy atom. The van der Waals surface area contributed by atoms with E-state index in [1.54, 1.807) is 23.3 Å². The SMILES string of the molecule is COC(=O)c1ccccc1N1C(=O)[C@@H]2[C@@H](c3ccc(Br)cc3)N(c3ccccc3)O[C@H]2C1=O. The molecule has 0 saturated carbocycles. The van der Waals surface area contributed by atoms with Gasteiger partial charge in [-0.2, -0.15) is 0 Å². The van der Waals surface area contributed by atoms with Crippen molar-refractivity contribution >= 4 is 45.1 Å². The van der Waals surface area contributed by atoms with Gasteiger partial charge in [-0.05, 0) is 42.0 Å². The molecular formula is C25H19BrN2O5. The van der Waals surface area contributed by atoms with Crippen molar-refractivity contribution in [2.75, 3.05) is 17.1 Å². The highest BCUT2D eigenvalue weighted by molar-refractivity contribution is 9.10. The van der Waals surface area contributed by atoms with Crippen LogP contribution in [-0.4, -0.2) is 31.0 Å². The van der Waals surface area contributed by atoms with E-state index in [2.05, 4.69) is 15.9 Å². The lowest BCUT2D eigenvalue weighted by molar-refractivity contribution is -0.126. The lowest BCUT2D eigenvalue weighted by Gasteiger charge is -2.29. The Labute approximate surface area is 198 Å². The normalized spacial score (nSPS) is 21.9. The van der Waals surface area contributed by atoms with Gasteiger partial charge in [0.2, 0.25) is 5.91 Å². The predicted molar refractivity (Wildman–Crippen MR) is 124 cm³/mol. The molecule has 2 aliphatic rings. The highest BCUT2D eigenvalue weighted by Gasteiger charge is 2.60. The third-order valence-corrected chi connectivity index (χ3v) is 6.42. The van der Waals surface area contributed by atoms with Gasteiger partial charge in [-0.1, -0.05) is 58.4 Å². The molecule has 3 atom stereocenters. The maximum atomic E-state index is 13.7. The molecule has 3 aromatic rings. The van der Waals surface area contributed by atoms with Gasteiger partial charge in [0.05, 0.1) is 30.1 Å². The van der Waals surface area contributed by atoms with Crippen LogP contribution in [0.15, 0.2) is 83.3 Å². The Kier molecular flexibility index (Phi) is 5.47. The first-order valence-electron chi connectivity index (χ1n) is 10.3. The number of methoxy groups -OCH3 is 1. The fourth-order valence-electron chi connectivity index (χ4n) is 4.40. The zero-order valence-electron chi connectivity index (χ0n) is 17.6. The topological polar surface area (TPSA) is 76.2 Å². The first kappa shape index (κ1) is 21.4. The summed E-state index contributed by atoms with van der Waals surface area (Å²) < 4.78 is 5.74. The zero-order valence-corrected chi connectivity index (χ0v) is 19.1. The standard InChI is InChI=1S/C25H19BrN2O5/c1-32-25(31)18-9-5-6-10-19(18)27-23(29)20-21(15-11-13-16(26)14-12-15)28(33-22(20)24(27)30)17-7-3-2-4-8-17/h2-14,20-22H,1H3/t20-,21-,22-/m1/s1. The Morgan fingerprint density at radius 3 is 2.27 bits per heavy atom. The maximum absolute atomic E-state index is 13.7. The van der Waals surface area contributed by atoms with E-state index in [1.807, 2.05) is 54.6 Å². The van der Waals surface area contributed by atoms with Crippen LogP contribution in [0, 0.1) is 5.92 Å². The number of nitrogens with zero attached hydrogens (tertiary/aromatic N) is 2. The van der Waals surface area contributed by atoms with E-state index >= 15 is 0 Å². The second-order valence-corrected chi connectivity index (χ2v) is 8.65. The van der Waals surface area contributed by atoms with Crippen molar-refractivity contribution in [3.63, 3.8) is 0 Å². The number of hydroxylamine groups is 1. The van der Waals surface area contributed by atoms with Gasteiger partial charge in [-0.25, -0.2) is 14.8 Å². The predicted octanol–water partition coefficient (Wildman–Crippen LogP) is 4.29. The smallest absolute Gasteiger partial charge is 0.339 e. The molecule has 0 unspecified atom stereocenters. The highest BCUT2D eigenvalue weighted by Crippen LogP contribution is 2.48. The molecule has 2 saturated heterocycles. The summed E-state index contributed by atoms with van der Waals surface area (Å²) in [7, 11) is 1.26. The molecule has 2 amide bonds. The molecule has 0 radical (unpaired) electrons. The third kappa shape index (κ3) is 3.51. The highest BCUT2D eigenvalue weighted by atomic mass is 79.9. The van der Waals surface area contributed by atoms with Crippen molar-refractivity contribution in [3.8, 4) is 0 Å². The van der Waals surface area contributed by atoms with Crippen molar-refractivity contribution in [1.29, 1.82) is 0 Å². The number of carbonyl (C=O) groups is 3. The number of anilines is 2. The first-order chi connectivity index (χ1) is 16.0. The summed E-state index contributed by atoms with van der Waals surface area (Å²) in [5.74, 6) is -2.35. The van der Waals surface area contributed by atoms with Crippen LogP contribution in [-0.2, 0) is 19.2 Å². The molecule has 0 aromatic heterocycles. The lowest BCUT2D eigenvalue weighted by atomic mass is 9.90. The van der Waals surface area contributed by atoms with Crippen LogP contribution in [0.1, 0.15) is 22.0 Å². The molecule has 0 aliphatic carbocycles. The lowest BCUT2D eigenvalue weighted by Crippen LogP contribution is -2.38. The number of ether oxygens (including phenoxy) is 1. The molecule has 3 aromatic carbocycles. The van der Waals surface area contributed by atoms with Crippen molar-refractivity contribution in [2.45, 2.75) is 12.1 Å². The average Bonchev–Trinajstić information content (AvgIpc) is 3.35. The van der Waals surface area contributed by atoms with E-state index < -0.39 is 35.8 Å². The number of amides is 2. The Bertz CT molecular complexity index is 1230. The molecule has 7 nitrogen and oxygen atoms in total. The van der Waals surface area contributed by atoms with Crippen LogP contribution in [0.2, 0.25) is 0 Å². The molecule has 166 valence electrons. The maximum Gasteiger partial charge on any atom is 0.339 e. The van der Waals surface area contributed by atoms with Gasteiger partial charge in [-0.15, -0.1) is 0 Å². The molecule has 0 bridgehead atoms. The van der Waals surface area contributed by atoms with Crippen molar-refractivity contribution < 1.29 is 24.0 Å². The number of para-hydroxylation sites is 2. The number of imide groups is 1. The monoisotopic (exact) mass is 506 g/mol. The number of rotatable bonds is 4. The molecule has 0 N–H and O–H groups in total. The fraction of sp³-hybridized carbons (Fsp3) is 0.160. The molecule has 8 heteroatoms. The summed E-state index contributed by atoms with van der Waals surface area (Å²) in [5, 5.41) is 1.64. The Balaban J connectivity index is 1.59. The molecule has 2 fully saturated rings. The first-order valence-corrected chi connectivity index (χ1v) is 11.1. The zero-order chi connectivity index (χ0) is 23.1.